The Morgan fingerprint density at radius 2 is 2.16 bits per heavy atom. The Hall–Kier alpha value is -2.14. The molecule has 0 saturated carbocycles. The van der Waals surface area contributed by atoms with E-state index in [9.17, 15) is 0 Å². The van der Waals surface area contributed by atoms with E-state index >= 15 is 0 Å². The first kappa shape index (κ1) is 11.9. The second-order valence-electron chi connectivity index (χ2n) is 4.07. The van der Waals surface area contributed by atoms with Crippen LogP contribution in [0.4, 0.5) is 0 Å². The maximum atomic E-state index is 6.12. The molecule has 0 fully saturated rings. The van der Waals surface area contributed by atoms with Crippen molar-refractivity contribution in [2.75, 3.05) is 7.11 Å². The molecule has 0 radical (unpaired) electrons. The van der Waals surface area contributed by atoms with E-state index in [1.54, 1.807) is 23.9 Å². The van der Waals surface area contributed by atoms with Gasteiger partial charge in [-0.3, -0.25) is 9.38 Å². The van der Waals surface area contributed by atoms with E-state index in [1.165, 1.54) is 0 Å². The molecule has 0 saturated heterocycles. The fourth-order valence-electron chi connectivity index (χ4n) is 1.95. The van der Waals surface area contributed by atoms with Crippen LogP contribution >= 0.6 is 11.6 Å². The van der Waals surface area contributed by atoms with E-state index in [0.717, 1.165) is 17.1 Å². The summed E-state index contributed by atoms with van der Waals surface area (Å²) in [6, 6.07) is 7.83. The lowest BCUT2D eigenvalue weighted by atomic mass is 10.1. The minimum atomic E-state index is 0.500. The largest absolute Gasteiger partial charge is 0.497 e. The number of methoxy groups -OCH3 is 1. The first-order valence-corrected chi connectivity index (χ1v) is 6.12. The van der Waals surface area contributed by atoms with Crippen LogP contribution in [0.25, 0.3) is 5.65 Å². The highest BCUT2D eigenvalue weighted by atomic mass is 35.5. The van der Waals surface area contributed by atoms with Gasteiger partial charge in [-0.25, -0.2) is 0 Å². The number of benzene rings is 1. The van der Waals surface area contributed by atoms with Crippen LogP contribution in [0.5, 0.6) is 5.75 Å². The fourth-order valence-corrected chi connectivity index (χ4v) is 2.19. The molecule has 0 N–H and O–H groups in total. The molecule has 3 aromatic rings. The quantitative estimate of drug-likeness (QED) is 0.736. The Morgan fingerprint density at radius 1 is 1.26 bits per heavy atom. The topological polar surface area (TPSA) is 52.3 Å². The van der Waals surface area contributed by atoms with Crippen LogP contribution in [0.1, 0.15) is 11.4 Å². The van der Waals surface area contributed by atoms with E-state index < -0.39 is 0 Å². The summed E-state index contributed by atoms with van der Waals surface area (Å²) in [6.45, 7) is 0. The number of hydrogen-bond acceptors (Lipinski definition) is 4. The van der Waals surface area contributed by atoms with Crippen molar-refractivity contribution in [3.63, 3.8) is 0 Å². The molecule has 0 unspecified atom stereocenters. The van der Waals surface area contributed by atoms with Crippen molar-refractivity contribution in [3.05, 3.63) is 53.2 Å². The lowest BCUT2D eigenvalue weighted by Gasteiger charge is -2.04. The minimum Gasteiger partial charge on any atom is -0.497 e. The van der Waals surface area contributed by atoms with Gasteiger partial charge in [0.05, 0.1) is 19.5 Å². The maximum Gasteiger partial charge on any atom is 0.180 e. The Kier molecular flexibility index (Phi) is 3.05. The summed E-state index contributed by atoms with van der Waals surface area (Å²) in [5.74, 6) is 1.59. The van der Waals surface area contributed by atoms with Crippen LogP contribution < -0.4 is 4.74 Å². The standard InChI is InChI=1S/C13H11ClN4O/c1-19-10-4-2-3-9(5-10)6-12-16-17-13-8-15-7-11(14)18(12)13/h2-5,7-8H,6H2,1H3. The summed E-state index contributed by atoms with van der Waals surface area (Å²) < 4.78 is 6.99. The van der Waals surface area contributed by atoms with Crippen LogP contribution in [0, 0.1) is 0 Å². The molecule has 0 amide bonds. The highest BCUT2D eigenvalue weighted by Crippen LogP contribution is 2.18. The number of hydrogen-bond donors (Lipinski definition) is 0. The number of fused-ring (bicyclic) bond motifs is 1. The van der Waals surface area contributed by atoms with E-state index in [1.807, 2.05) is 24.3 Å². The molecule has 1 aromatic carbocycles. The number of nitrogens with zero attached hydrogens (tertiary/aromatic N) is 4. The van der Waals surface area contributed by atoms with Gasteiger partial charge in [-0.2, -0.15) is 0 Å². The zero-order valence-corrected chi connectivity index (χ0v) is 11.0. The summed E-state index contributed by atoms with van der Waals surface area (Å²) in [6.07, 6.45) is 3.84. The zero-order chi connectivity index (χ0) is 13.2. The van der Waals surface area contributed by atoms with Crippen molar-refractivity contribution < 1.29 is 4.74 Å². The first-order chi connectivity index (χ1) is 9.28. The molecule has 6 heteroatoms. The van der Waals surface area contributed by atoms with Crippen molar-refractivity contribution >= 4 is 17.2 Å². The second-order valence-corrected chi connectivity index (χ2v) is 4.46. The molecule has 19 heavy (non-hydrogen) atoms. The molecule has 0 atom stereocenters. The van der Waals surface area contributed by atoms with Crippen molar-refractivity contribution in [1.82, 2.24) is 19.6 Å². The van der Waals surface area contributed by atoms with Gasteiger partial charge in [0.25, 0.3) is 0 Å². The van der Waals surface area contributed by atoms with Gasteiger partial charge in [0.15, 0.2) is 5.65 Å². The average Bonchev–Trinajstić information content (AvgIpc) is 2.84. The van der Waals surface area contributed by atoms with Gasteiger partial charge in [-0.1, -0.05) is 23.7 Å². The van der Waals surface area contributed by atoms with Gasteiger partial charge >= 0.3 is 0 Å². The van der Waals surface area contributed by atoms with Gasteiger partial charge < -0.3 is 4.74 Å². The predicted molar refractivity (Wildman–Crippen MR) is 71.6 cm³/mol. The van der Waals surface area contributed by atoms with E-state index in [-0.39, 0.29) is 0 Å². The molecule has 0 aliphatic carbocycles. The van der Waals surface area contributed by atoms with Crippen LogP contribution in [-0.4, -0.2) is 26.7 Å². The Labute approximate surface area is 114 Å². The van der Waals surface area contributed by atoms with E-state index in [0.29, 0.717) is 17.2 Å². The third-order valence-corrected chi connectivity index (χ3v) is 3.10. The van der Waals surface area contributed by atoms with Crippen LogP contribution in [0.15, 0.2) is 36.7 Å². The Balaban J connectivity index is 2.01. The average molecular weight is 275 g/mol. The number of rotatable bonds is 3. The molecule has 5 nitrogen and oxygen atoms in total. The molecule has 2 heterocycles. The van der Waals surface area contributed by atoms with Crippen molar-refractivity contribution in [2.24, 2.45) is 0 Å². The summed E-state index contributed by atoms with van der Waals surface area (Å²) in [5.41, 5.74) is 1.73. The summed E-state index contributed by atoms with van der Waals surface area (Å²) in [7, 11) is 1.65. The molecule has 96 valence electrons. The third kappa shape index (κ3) is 2.24. The Morgan fingerprint density at radius 3 is 3.00 bits per heavy atom. The van der Waals surface area contributed by atoms with Gasteiger partial charge in [0.2, 0.25) is 0 Å². The van der Waals surface area contributed by atoms with Gasteiger partial charge in [0.1, 0.15) is 16.7 Å². The monoisotopic (exact) mass is 274 g/mol. The number of ether oxygens (including phenoxy) is 1. The van der Waals surface area contributed by atoms with Crippen molar-refractivity contribution in [3.8, 4) is 5.75 Å². The normalized spacial score (nSPS) is 10.8. The SMILES string of the molecule is COc1cccc(Cc2nnc3cncc(Cl)n23)c1. The summed E-state index contributed by atoms with van der Waals surface area (Å²) in [5, 5.41) is 8.71. The molecule has 0 bridgehead atoms. The van der Waals surface area contributed by atoms with Crippen molar-refractivity contribution in [2.45, 2.75) is 6.42 Å². The molecule has 0 aliphatic rings. The highest BCUT2D eigenvalue weighted by molar-refractivity contribution is 6.29. The smallest absolute Gasteiger partial charge is 0.180 e. The highest BCUT2D eigenvalue weighted by Gasteiger charge is 2.09. The first-order valence-electron chi connectivity index (χ1n) is 5.74. The van der Waals surface area contributed by atoms with Crippen molar-refractivity contribution in [1.29, 1.82) is 0 Å². The molecule has 0 aliphatic heterocycles. The van der Waals surface area contributed by atoms with E-state index in [4.69, 9.17) is 16.3 Å². The number of halogens is 1. The lowest BCUT2D eigenvalue weighted by Crippen LogP contribution is -1.98. The second kappa shape index (κ2) is 4.85. The lowest BCUT2D eigenvalue weighted by molar-refractivity contribution is 0.414. The molecule has 2 aromatic heterocycles. The van der Waals surface area contributed by atoms with Crippen LogP contribution in [0.2, 0.25) is 5.15 Å². The van der Waals surface area contributed by atoms with E-state index in [2.05, 4.69) is 15.2 Å². The predicted octanol–water partition coefficient (Wildman–Crippen LogP) is 2.38. The maximum absolute atomic E-state index is 6.12. The molecule has 0 spiro atoms. The molecular weight excluding hydrogens is 264 g/mol. The van der Waals surface area contributed by atoms with Gasteiger partial charge in [0, 0.05) is 6.42 Å². The molecular formula is C13H11ClN4O. The van der Waals surface area contributed by atoms with Gasteiger partial charge in [-0.05, 0) is 17.7 Å². The van der Waals surface area contributed by atoms with Crippen LogP contribution in [-0.2, 0) is 6.42 Å². The van der Waals surface area contributed by atoms with Crippen LogP contribution in [0.3, 0.4) is 0 Å². The minimum absolute atomic E-state index is 0.500. The zero-order valence-electron chi connectivity index (χ0n) is 10.2. The third-order valence-electron chi connectivity index (χ3n) is 2.84. The number of aromatic nitrogens is 4. The van der Waals surface area contributed by atoms with Gasteiger partial charge in [-0.15, -0.1) is 10.2 Å². The molecule has 3 rings (SSSR count). The summed E-state index contributed by atoms with van der Waals surface area (Å²) >= 11 is 6.12. The Bertz CT molecular complexity index is 725. The summed E-state index contributed by atoms with van der Waals surface area (Å²) in [4.78, 5) is 3.98. The fraction of sp³-hybridized carbons (Fsp3) is 0.154.